The van der Waals surface area contributed by atoms with E-state index in [2.05, 4.69) is 10.1 Å². The van der Waals surface area contributed by atoms with Gasteiger partial charge in [0.2, 0.25) is 11.8 Å². The second-order valence-corrected chi connectivity index (χ2v) is 7.79. The predicted molar refractivity (Wildman–Crippen MR) is 115 cm³/mol. The number of nitrogens with zero attached hydrogens (tertiary/aromatic N) is 1. The van der Waals surface area contributed by atoms with Crippen molar-refractivity contribution in [3.8, 4) is 0 Å². The predicted octanol–water partition coefficient (Wildman–Crippen LogP) is 3.57. The Kier molecular flexibility index (Phi) is 5.42. The molecule has 1 N–H and O–H groups in total. The number of nitrogens with one attached hydrogen (secondary N) is 1. The molecule has 0 saturated carbocycles. The smallest absolute Gasteiger partial charge is 0.337 e. The molecule has 31 heavy (non-hydrogen) atoms. The van der Waals surface area contributed by atoms with E-state index in [4.69, 9.17) is 0 Å². The van der Waals surface area contributed by atoms with Crippen molar-refractivity contribution in [1.82, 2.24) is 0 Å². The molecule has 3 amide bonds. The molecule has 1 aliphatic carbocycles. The Labute approximate surface area is 179 Å². The van der Waals surface area contributed by atoms with Crippen molar-refractivity contribution >= 4 is 35.1 Å². The summed E-state index contributed by atoms with van der Waals surface area (Å²) in [7, 11) is 1.30. The van der Waals surface area contributed by atoms with Gasteiger partial charge in [0.05, 0.1) is 30.2 Å². The lowest BCUT2D eigenvalue weighted by Gasteiger charge is -2.18. The van der Waals surface area contributed by atoms with Crippen molar-refractivity contribution in [1.29, 1.82) is 0 Å². The van der Waals surface area contributed by atoms with Crippen molar-refractivity contribution in [3.05, 3.63) is 71.3 Å². The number of amides is 3. The molecule has 0 spiro atoms. The van der Waals surface area contributed by atoms with Gasteiger partial charge in [-0.2, -0.15) is 0 Å². The van der Waals surface area contributed by atoms with Crippen LogP contribution >= 0.6 is 0 Å². The topological polar surface area (TPSA) is 92.8 Å². The maximum Gasteiger partial charge on any atom is 0.337 e. The minimum atomic E-state index is -0.462. The zero-order chi connectivity index (χ0) is 22.1. The van der Waals surface area contributed by atoms with E-state index in [1.165, 1.54) is 12.0 Å². The highest BCUT2D eigenvalue weighted by molar-refractivity contribution is 6.22. The van der Waals surface area contributed by atoms with Crippen LogP contribution in [-0.4, -0.2) is 30.8 Å². The number of rotatable bonds is 4. The molecule has 0 bridgehead atoms. The second kappa shape index (κ2) is 8.18. The van der Waals surface area contributed by atoms with E-state index in [0.29, 0.717) is 35.3 Å². The first kappa shape index (κ1) is 20.5. The number of carbonyl (C=O) groups excluding carboxylic acids is 4. The summed E-state index contributed by atoms with van der Waals surface area (Å²) in [6.45, 7) is 1.97. The Hall–Kier alpha value is -3.74. The Balaban J connectivity index is 1.52. The molecule has 4 rings (SSSR count). The lowest BCUT2D eigenvalue weighted by Crippen LogP contribution is -2.31. The highest BCUT2D eigenvalue weighted by atomic mass is 16.5. The van der Waals surface area contributed by atoms with E-state index < -0.39 is 5.97 Å². The molecule has 1 heterocycles. The lowest BCUT2D eigenvalue weighted by atomic mass is 9.82. The lowest BCUT2D eigenvalue weighted by molar-refractivity contribution is -0.122. The van der Waals surface area contributed by atoms with Crippen LogP contribution in [0.15, 0.2) is 60.2 Å². The van der Waals surface area contributed by atoms with Gasteiger partial charge in [-0.25, -0.2) is 4.79 Å². The number of imide groups is 1. The largest absolute Gasteiger partial charge is 0.465 e. The van der Waals surface area contributed by atoms with Crippen molar-refractivity contribution < 1.29 is 23.9 Å². The molecular formula is C24H22N2O5. The number of hydrogen-bond donors (Lipinski definition) is 1. The van der Waals surface area contributed by atoms with E-state index >= 15 is 0 Å². The summed E-state index contributed by atoms with van der Waals surface area (Å²) in [5.74, 6) is -1.93. The van der Waals surface area contributed by atoms with Gasteiger partial charge in [0.1, 0.15) is 0 Å². The fraction of sp³-hybridized carbons (Fsp3) is 0.250. The molecule has 158 valence electrons. The fourth-order valence-corrected chi connectivity index (χ4v) is 4.09. The number of allylic oxidation sites excluding steroid dienone is 2. The number of benzene rings is 2. The zero-order valence-electron chi connectivity index (χ0n) is 17.3. The molecule has 0 radical (unpaired) electrons. The first-order valence-electron chi connectivity index (χ1n) is 10.0. The molecule has 7 heteroatoms. The number of hydrogen-bond acceptors (Lipinski definition) is 5. The quantitative estimate of drug-likeness (QED) is 0.466. The molecule has 1 aliphatic heterocycles. The van der Waals surface area contributed by atoms with Gasteiger partial charge in [0.25, 0.3) is 5.91 Å². The van der Waals surface area contributed by atoms with Crippen LogP contribution in [0.25, 0.3) is 0 Å². The summed E-state index contributed by atoms with van der Waals surface area (Å²) in [6.07, 6.45) is 3.18. The van der Waals surface area contributed by atoms with Gasteiger partial charge >= 0.3 is 5.97 Å². The Morgan fingerprint density at radius 3 is 2.42 bits per heavy atom. The maximum absolute atomic E-state index is 12.9. The van der Waals surface area contributed by atoms with Crippen molar-refractivity contribution in [3.63, 3.8) is 0 Å². The maximum atomic E-state index is 12.9. The number of fused-ring (bicyclic) bond motifs is 1. The summed E-state index contributed by atoms with van der Waals surface area (Å²) < 4.78 is 4.66. The molecule has 0 unspecified atom stereocenters. The first-order valence-corrected chi connectivity index (χ1v) is 10.0. The summed E-state index contributed by atoms with van der Waals surface area (Å²) in [5.41, 5.74) is 2.72. The number of carbonyl (C=O) groups is 4. The van der Waals surface area contributed by atoms with Crippen LogP contribution < -0.4 is 10.2 Å². The van der Waals surface area contributed by atoms with Crippen molar-refractivity contribution in [2.24, 2.45) is 11.8 Å². The molecule has 2 atom stereocenters. The van der Waals surface area contributed by atoms with E-state index in [-0.39, 0.29) is 29.6 Å². The number of methoxy groups -OCH3 is 1. The van der Waals surface area contributed by atoms with E-state index in [1.807, 2.05) is 13.0 Å². The molecule has 7 nitrogen and oxygen atoms in total. The van der Waals surface area contributed by atoms with Gasteiger partial charge in [-0.05, 0) is 62.2 Å². The minimum Gasteiger partial charge on any atom is -0.465 e. The highest BCUT2D eigenvalue weighted by Gasteiger charge is 2.48. The number of anilines is 2. The van der Waals surface area contributed by atoms with E-state index in [1.54, 1.807) is 48.5 Å². The van der Waals surface area contributed by atoms with Crippen LogP contribution in [0.1, 0.15) is 40.5 Å². The fourth-order valence-electron chi connectivity index (χ4n) is 4.09. The van der Waals surface area contributed by atoms with Gasteiger partial charge in [-0.15, -0.1) is 0 Å². The first-order chi connectivity index (χ1) is 14.9. The van der Waals surface area contributed by atoms with Gasteiger partial charge in [0, 0.05) is 11.3 Å². The summed E-state index contributed by atoms with van der Waals surface area (Å²) in [4.78, 5) is 51.2. The van der Waals surface area contributed by atoms with E-state index in [0.717, 1.165) is 5.57 Å². The molecule has 0 aromatic heterocycles. The van der Waals surface area contributed by atoms with Crippen LogP contribution in [0.2, 0.25) is 0 Å². The molecule has 2 aliphatic rings. The molecular weight excluding hydrogens is 396 g/mol. The van der Waals surface area contributed by atoms with Crippen molar-refractivity contribution in [2.75, 3.05) is 17.3 Å². The average Bonchev–Trinajstić information content (AvgIpc) is 3.03. The number of esters is 1. The monoisotopic (exact) mass is 418 g/mol. The summed E-state index contributed by atoms with van der Waals surface area (Å²) >= 11 is 0. The van der Waals surface area contributed by atoms with Crippen LogP contribution in [0.5, 0.6) is 0 Å². The van der Waals surface area contributed by atoms with Crippen LogP contribution in [0, 0.1) is 11.8 Å². The van der Waals surface area contributed by atoms with Crippen molar-refractivity contribution in [2.45, 2.75) is 19.8 Å². The van der Waals surface area contributed by atoms with Crippen LogP contribution in [-0.2, 0) is 14.3 Å². The normalized spacial score (nSPS) is 20.2. The SMILES string of the molecule is COC(=O)c1ccc(NC(=O)c2cccc(N3C(=O)[C@H]4CC=C(C)C[C@H]4C3=O)c2)cc1. The zero-order valence-corrected chi connectivity index (χ0v) is 17.3. The Bertz CT molecular complexity index is 1100. The second-order valence-electron chi connectivity index (χ2n) is 7.79. The Morgan fingerprint density at radius 1 is 1.00 bits per heavy atom. The minimum absolute atomic E-state index is 0.210. The third kappa shape index (κ3) is 3.86. The third-order valence-corrected chi connectivity index (χ3v) is 5.75. The summed E-state index contributed by atoms with van der Waals surface area (Å²) in [6, 6.07) is 12.8. The van der Waals surface area contributed by atoms with E-state index in [9.17, 15) is 19.2 Å². The van der Waals surface area contributed by atoms with Crippen LogP contribution in [0.3, 0.4) is 0 Å². The molecule has 2 aromatic rings. The molecule has 1 fully saturated rings. The average molecular weight is 418 g/mol. The highest BCUT2D eigenvalue weighted by Crippen LogP contribution is 2.39. The van der Waals surface area contributed by atoms with Gasteiger partial charge in [-0.3, -0.25) is 19.3 Å². The standard InChI is InChI=1S/C24H22N2O5/c1-14-6-11-19-20(12-14)23(29)26(22(19)28)18-5-3-4-16(13-18)21(27)25-17-9-7-15(8-10-17)24(30)31-2/h3-10,13,19-20H,11-12H2,1-2H3,(H,25,27)/t19-,20+/m0/s1. The van der Waals surface area contributed by atoms with Gasteiger partial charge < -0.3 is 10.1 Å². The van der Waals surface area contributed by atoms with Gasteiger partial charge in [-0.1, -0.05) is 17.7 Å². The molecule has 2 aromatic carbocycles. The van der Waals surface area contributed by atoms with Gasteiger partial charge in [0.15, 0.2) is 0 Å². The molecule has 1 saturated heterocycles. The Morgan fingerprint density at radius 2 is 1.71 bits per heavy atom. The number of ether oxygens (including phenoxy) is 1. The summed E-state index contributed by atoms with van der Waals surface area (Å²) in [5, 5.41) is 2.75. The third-order valence-electron chi connectivity index (χ3n) is 5.75. The van der Waals surface area contributed by atoms with Crippen LogP contribution in [0.4, 0.5) is 11.4 Å².